The number of fused-ring (bicyclic) bond motifs is 2. The van der Waals surface area contributed by atoms with E-state index in [1.54, 1.807) is 18.3 Å². The Bertz CT molecular complexity index is 1730. The van der Waals surface area contributed by atoms with E-state index in [-0.39, 0.29) is 28.3 Å². The summed E-state index contributed by atoms with van der Waals surface area (Å²) in [7, 11) is 2.12. The molecule has 3 aromatic carbocycles. The molecule has 0 saturated carbocycles. The summed E-state index contributed by atoms with van der Waals surface area (Å²) in [5, 5.41) is 36.7. The molecule has 1 unspecified atom stereocenters. The number of carbonyl (C=O) groups is 1. The van der Waals surface area contributed by atoms with Gasteiger partial charge in [0.2, 0.25) is 11.6 Å². The van der Waals surface area contributed by atoms with Crippen LogP contribution in [0.4, 0.5) is 21.7 Å². The summed E-state index contributed by atoms with van der Waals surface area (Å²) in [5.41, 5.74) is 6.36. The van der Waals surface area contributed by atoms with Crippen LogP contribution in [0.3, 0.4) is 0 Å². The number of hydrogen-bond acceptors (Lipinski definition) is 9. The molecule has 2 aliphatic rings. The van der Waals surface area contributed by atoms with Gasteiger partial charge in [0, 0.05) is 34.2 Å². The fourth-order valence-corrected chi connectivity index (χ4v) is 6.14. The molecule has 10 nitrogen and oxygen atoms in total. The highest BCUT2D eigenvalue weighted by Crippen LogP contribution is 2.44. The van der Waals surface area contributed by atoms with E-state index < -0.39 is 10.7 Å². The molecular formula is C36H46FN6O4+. The molecule has 0 radical (unpaired) electrons. The number of rotatable bonds is 7. The van der Waals surface area contributed by atoms with Crippen LogP contribution in [0.5, 0.6) is 5.75 Å². The zero-order chi connectivity index (χ0) is 33.9. The average molecular weight is 646 g/mol. The van der Waals surface area contributed by atoms with E-state index in [4.69, 9.17) is 0 Å². The molecule has 0 spiro atoms. The third-order valence-corrected chi connectivity index (χ3v) is 8.80. The standard InChI is InChI=1S/C31H35FN6O3.C5H10O/c1-3-19-4-7-25-26(19)16-24(39)17-30(25)38(40,41)36-23-6-8-28(32)27(15-23)20-5-9-29-21(14-20)18-33-31(35-29)34-22-10-12-37(2)13-11-22;1-5(2,3)4-6/h5-6,8-9,14-19,22,36,40-41H,3-4,7,10-13H2,1-2H3,(H-,33,34,35,39);4H,1-3H3/p+1. The number of phenols is 1. The number of quaternary nitrogens is 1. The van der Waals surface area contributed by atoms with Crippen molar-refractivity contribution in [1.82, 2.24) is 19.8 Å². The van der Waals surface area contributed by atoms with Crippen LogP contribution in [-0.4, -0.2) is 62.9 Å². The summed E-state index contributed by atoms with van der Waals surface area (Å²) in [6, 6.07) is 13.1. The number of aldehydes is 1. The number of aromatic hydroxyl groups is 1. The quantitative estimate of drug-likeness (QED) is 0.0791. The van der Waals surface area contributed by atoms with Crippen LogP contribution in [0.1, 0.15) is 70.4 Å². The minimum Gasteiger partial charge on any atom is -0.508 e. The first-order chi connectivity index (χ1) is 22.3. The summed E-state index contributed by atoms with van der Waals surface area (Å²) in [5.74, 6) is 0.357. The first kappa shape index (κ1) is 34.2. The van der Waals surface area contributed by atoms with Crippen LogP contribution in [0.25, 0.3) is 22.0 Å². The fourth-order valence-electron chi connectivity index (χ4n) is 6.14. The fraction of sp³-hybridized carbons (Fsp3) is 0.417. The van der Waals surface area contributed by atoms with Gasteiger partial charge in [0.05, 0.1) is 22.2 Å². The second-order valence-electron chi connectivity index (χ2n) is 13.8. The number of nitrogens with zero attached hydrogens (tertiary/aromatic N) is 4. The van der Waals surface area contributed by atoms with E-state index in [0.29, 0.717) is 29.7 Å². The highest BCUT2D eigenvalue weighted by molar-refractivity contribution is 5.85. The summed E-state index contributed by atoms with van der Waals surface area (Å²) >= 11 is 0. The van der Waals surface area contributed by atoms with E-state index in [0.717, 1.165) is 67.1 Å². The van der Waals surface area contributed by atoms with E-state index in [1.165, 1.54) is 24.3 Å². The van der Waals surface area contributed by atoms with Gasteiger partial charge in [0.1, 0.15) is 17.9 Å². The zero-order valence-electron chi connectivity index (χ0n) is 27.8. The average Bonchev–Trinajstić information content (AvgIpc) is 3.45. The summed E-state index contributed by atoms with van der Waals surface area (Å²) in [4.78, 5) is 19.6. The lowest BCUT2D eigenvalue weighted by atomic mass is 9.98. The number of aromatic nitrogens is 2. The van der Waals surface area contributed by atoms with Crippen molar-refractivity contribution in [3.8, 4) is 16.9 Å². The Morgan fingerprint density at radius 3 is 2.47 bits per heavy atom. The molecule has 47 heavy (non-hydrogen) atoms. The van der Waals surface area contributed by atoms with Crippen LogP contribution >= 0.6 is 0 Å². The van der Waals surface area contributed by atoms with Crippen molar-refractivity contribution in [1.29, 1.82) is 0 Å². The zero-order valence-corrected chi connectivity index (χ0v) is 27.8. The summed E-state index contributed by atoms with van der Waals surface area (Å²) < 4.78 is 15.0. The summed E-state index contributed by atoms with van der Waals surface area (Å²) in [6.45, 7) is 9.78. The molecule has 1 aliphatic carbocycles. The van der Waals surface area contributed by atoms with E-state index in [2.05, 4.69) is 39.6 Å². The molecule has 4 aromatic rings. The first-order valence-corrected chi connectivity index (χ1v) is 16.2. The normalized spacial score (nSPS) is 17.1. The Morgan fingerprint density at radius 1 is 1.06 bits per heavy atom. The number of piperidine rings is 1. The lowest BCUT2D eigenvalue weighted by molar-refractivity contribution is -0.272. The highest BCUT2D eigenvalue weighted by Gasteiger charge is 2.37. The molecule has 1 fully saturated rings. The third-order valence-electron chi connectivity index (χ3n) is 8.80. The van der Waals surface area contributed by atoms with Gasteiger partial charge in [-0.05, 0) is 106 Å². The molecule has 1 saturated heterocycles. The Hall–Kier alpha value is -4.16. The second-order valence-corrected chi connectivity index (χ2v) is 13.8. The van der Waals surface area contributed by atoms with Crippen LogP contribution in [0.2, 0.25) is 0 Å². The van der Waals surface area contributed by atoms with Crippen LogP contribution in [-0.2, 0) is 11.2 Å². The highest BCUT2D eigenvalue weighted by atomic mass is 19.1. The number of phenolic OH excluding ortho intramolecular Hbond substituents is 1. The van der Waals surface area contributed by atoms with Gasteiger partial charge in [-0.15, -0.1) is 10.4 Å². The molecule has 1 aliphatic heterocycles. The number of hydrogen-bond donors (Lipinski definition) is 5. The maximum absolute atomic E-state index is 15.0. The van der Waals surface area contributed by atoms with E-state index in [1.807, 2.05) is 32.9 Å². The Kier molecular flexibility index (Phi) is 10.1. The third kappa shape index (κ3) is 8.23. The monoisotopic (exact) mass is 645 g/mol. The van der Waals surface area contributed by atoms with Gasteiger partial charge in [0.25, 0.3) is 0 Å². The predicted octanol–water partition coefficient (Wildman–Crippen LogP) is 7.43. The number of likely N-dealkylation sites (tertiary alicyclic amines) is 1. The lowest BCUT2D eigenvalue weighted by Crippen LogP contribution is -2.48. The molecule has 250 valence electrons. The van der Waals surface area contributed by atoms with E-state index >= 15 is 4.39 Å². The second kappa shape index (κ2) is 13.9. The van der Waals surface area contributed by atoms with Crippen molar-refractivity contribution >= 4 is 34.5 Å². The van der Waals surface area contributed by atoms with Crippen molar-refractivity contribution in [2.75, 3.05) is 30.9 Å². The number of halogens is 1. The van der Waals surface area contributed by atoms with Gasteiger partial charge in [0.15, 0.2) is 0 Å². The number of benzene rings is 3. The van der Waals surface area contributed by atoms with Gasteiger partial charge in [-0.3, -0.25) is 0 Å². The molecular weight excluding hydrogens is 599 g/mol. The molecule has 2 heterocycles. The van der Waals surface area contributed by atoms with Crippen molar-refractivity contribution in [2.45, 2.75) is 71.8 Å². The molecule has 1 aromatic heterocycles. The van der Waals surface area contributed by atoms with Gasteiger partial charge < -0.3 is 20.1 Å². The lowest BCUT2D eigenvalue weighted by Gasteiger charge is -2.29. The van der Waals surface area contributed by atoms with Crippen molar-refractivity contribution in [3.05, 3.63) is 71.7 Å². The maximum atomic E-state index is 15.0. The van der Waals surface area contributed by atoms with Gasteiger partial charge in [-0.2, -0.15) is 5.43 Å². The number of anilines is 2. The van der Waals surface area contributed by atoms with Crippen molar-refractivity contribution < 1.29 is 24.7 Å². The summed E-state index contributed by atoms with van der Waals surface area (Å²) in [6.07, 6.45) is 7.20. The first-order valence-electron chi connectivity index (χ1n) is 16.2. The van der Waals surface area contributed by atoms with Crippen LogP contribution in [0.15, 0.2) is 54.7 Å². The van der Waals surface area contributed by atoms with Crippen molar-refractivity contribution in [3.63, 3.8) is 0 Å². The SMILES string of the molecule is CC(C)(C)C=O.CCC1CCc2c1cc(O)cc2[N+](O)(O)Nc1ccc(F)c(-c2ccc3nc(NC4CCN(C)CC4)ncc3c2)c1. The molecule has 1 atom stereocenters. The minimum atomic E-state index is -1.67. The Labute approximate surface area is 275 Å². The predicted molar refractivity (Wildman–Crippen MR) is 183 cm³/mol. The topological polar surface area (TPSA) is 131 Å². The maximum Gasteiger partial charge on any atom is 0.234 e. The van der Waals surface area contributed by atoms with Gasteiger partial charge >= 0.3 is 0 Å². The van der Waals surface area contributed by atoms with Crippen molar-refractivity contribution in [2.24, 2.45) is 5.41 Å². The largest absolute Gasteiger partial charge is 0.508 e. The Balaban J connectivity index is 0.000000662. The van der Waals surface area contributed by atoms with Gasteiger partial charge in [-0.25, -0.2) is 14.4 Å². The number of carbonyl (C=O) groups excluding carboxylic acids is 1. The van der Waals surface area contributed by atoms with Crippen LogP contribution in [0, 0.1) is 11.2 Å². The molecule has 0 bridgehead atoms. The minimum absolute atomic E-state index is 0.0330. The smallest absolute Gasteiger partial charge is 0.234 e. The molecule has 0 amide bonds. The number of nitrogens with one attached hydrogen (secondary N) is 2. The molecule has 11 heteroatoms. The molecule has 5 N–H and O–H groups in total. The van der Waals surface area contributed by atoms with E-state index in [9.17, 15) is 20.3 Å². The van der Waals surface area contributed by atoms with Gasteiger partial charge in [-0.1, -0.05) is 33.8 Å². The molecule has 6 rings (SSSR count). The van der Waals surface area contributed by atoms with Crippen LogP contribution < -0.4 is 15.7 Å². The Morgan fingerprint density at radius 2 is 1.79 bits per heavy atom.